The van der Waals surface area contributed by atoms with E-state index >= 15 is 0 Å². The van der Waals surface area contributed by atoms with E-state index in [0.717, 1.165) is 12.0 Å². The van der Waals surface area contributed by atoms with Gasteiger partial charge in [-0.05, 0) is 36.8 Å². The zero-order chi connectivity index (χ0) is 16.8. The largest absolute Gasteiger partial charge is 0.508 e. The van der Waals surface area contributed by atoms with Crippen molar-refractivity contribution in [3.63, 3.8) is 0 Å². The lowest BCUT2D eigenvalue weighted by Crippen LogP contribution is -1.96. The number of hydrogen-bond acceptors (Lipinski definition) is 1. The Bertz CT molecular complexity index is 422. The van der Waals surface area contributed by atoms with Gasteiger partial charge in [0.25, 0.3) is 0 Å². The summed E-state index contributed by atoms with van der Waals surface area (Å²) >= 11 is 0. The highest BCUT2D eigenvalue weighted by Crippen LogP contribution is 2.20. The third-order valence-electron chi connectivity index (χ3n) is 4.47. The van der Waals surface area contributed by atoms with Crippen LogP contribution in [0.4, 0.5) is 0 Å². The lowest BCUT2D eigenvalue weighted by Gasteiger charge is -2.08. The summed E-state index contributed by atoms with van der Waals surface area (Å²) in [6, 6.07) is 7.66. The van der Waals surface area contributed by atoms with Crippen molar-refractivity contribution in [1.29, 1.82) is 0 Å². The number of phenols is 1. The first-order valence-corrected chi connectivity index (χ1v) is 9.67. The molecule has 1 aromatic rings. The second-order valence-corrected chi connectivity index (χ2v) is 6.86. The molecule has 1 atom stereocenters. The van der Waals surface area contributed by atoms with E-state index in [1.54, 1.807) is 6.07 Å². The molecule has 0 spiro atoms. The third kappa shape index (κ3) is 10.2. The highest BCUT2D eigenvalue weighted by Gasteiger charge is 2.03. The molecule has 1 N–H and O–H groups in total. The van der Waals surface area contributed by atoms with E-state index in [1.807, 2.05) is 18.2 Å². The number of aromatic hydroxyl groups is 1. The number of phenolic OH excluding ortho intramolecular Hbond substituents is 1. The molecule has 0 amide bonds. The summed E-state index contributed by atoms with van der Waals surface area (Å²) in [5, 5.41) is 9.80. The second-order valence-electron chi connectivity index (χ2n) is 6.86. The van der Waals surface area contributed by atoms with Crippen LogP contribution in [0.1, 0.15) is 83.6 Å². The number of benzene rings is 1. The molecule has 1 rings (SSSR count). The number of allylic oxidation sites excluding steroid dienone is 2. The van der Waals surface area contributed by atoms with Crippen molar-refractivity contribution in [3.8, 4) is 5.75 Å². The fourth-order valence-corrected chi connectivity index (χ4v) is 3.00. The van der Waals surface area contributed by atoms with Crippen LogP contribution in [-0.2, 0) is 6.42 Å². The van der Waals surface area contributed by atoms with Crippen molar-refractivity contribution in [2.75, 3.05) is 0 Å². The average Bonchev–Trinajstić information content (AvgIpc) is 2.55. The molecule has 0 saturated carbocycles. The van der Waals surface area contributed by atoms with E-state index < -0.39 is 0 Å². The van der Waals surface area contributed by atoms with Gasteiger partial charge in [-0.3, -0.25) is 0 Å². The molecule has 0 radical (unpaired) electrons. The predicted octanol–water partition coefficient (Wildman–Crippen LogP) is 7.05. The molecule has 130 valence electrons. The van der Waals surface area contributed by atoms with Crippen molar-refractivity contribution in [3.05, 3.63) is 42.0 Å². The summed E-state index contributed by atoms with van der Waals surface area (Å²) in [6.45, 7) is 4.50. The molecule has 0 heterocycles. The maximum atomic E-state index is 9.80. The van der Waals surface area contributed by atoms with Gasteiger partial charge in [-0.25, -0.2) is 0 Å². The van der Waals surface area contributed by atoms with Gasteiger partial charge in [-0.2, -0.15) is 0 Å². The van der Waals surface area contributed by atoms with E-state index in [4.69, 9.17) is 0 Å². The Hall–Kier alpha value is -1.24. The Morgan fingerprint density at radius 3 is 2.17 bits per heavy atom. The zero-order valence-electron chi connectivity index (χ0n) is 15.3. The van der Waals surface area contributed by atoms with Crippen LogP contribution in [0.25, 0.3) is 0 Å². The van der Waals surface area contributed by atoms with Gasteiger partial charge in [0.05, 0.1) is 0 Å². The third-order valence-corrected chi connectivity index (χ3v) is 4.47. The molecule has 23 heavy (non-hydrogen) atoms. The molecule has 0 bridgehead atoms. The summed E-state index contributed by atoms with van der Waals surface area (Å²) in [6.07, 6.45) is 19.3. The Labute approximate surface area is 143 Å². The van der Waals surface area contributed by atoms with Crippen molar-refractivity contribution in [1.82, 2.24) is 0 Å². The minimum atomic E-state index is 0.423. The van der Waals surface area contributed by atoms with Crippen molar-refractivity contribution in [2.45, 2.75) is 84.5 Å². The van der Waals surface area contributed by atoms with Gasteiger partial charge in [0.1, 0.15) is 5.75 Å². The Balaban J connectivity index is 2.00. The van der Waals surface area contributed by atoms with Crippen LogP contribution in [-0.4, -0.2) is 5.11 Å². The van der Waals surface area contributed by atoms with Gasteiger partial charge < -0.3 is 5.11 Å². The van der Waals surface area contributed by atoms with Crippen LogP contribution < -0.4 is 0 Å². The lowest BCUT2D eigenvalue weighted by atomic mass is 9.99. The Morgan fingerprint density at radius 2 is 1.52 bits per heavy atom. The van der Waals surface area contributed by atoms with Gasteiger partial charge in [-0.1, -0.05) is 95.6 Å². The number of rotatable bonds is 13. The van der Waals surface area contributed by atoms with Gasteiger partial charge in [-0.15, -0.1) is 0 Å². The molecule has 1 heteroatoms. The quantitative estimate of drug-likeness (QED) is 0.305. The average molecular weight is 317 g/mol. The minimum absolute atomic E-state index is 0.423. The molecule has 0 saturated heterocycles. The normalized spacial score (nSPS) is 12.8. The monoisotopic (exact) mass is 316 g/mol. The van der Waals surface area contributed by atoms with E-state index in [1.165, 1.54) is 64.2 Å². The van der Waals surface area contributed by atoms with Crippen molar-refractivity contribution >= 4 is 0 Å². The highest BCUT2D eigenvalue weighted by atomic mass is 16.3. The molecule has 1 nitrogen and oxygen atoms in total. The van der Waals surface area contributed by atoms with E-state index in [-0.39, 0.29) is 0 Å². The SMILES string of the molecule is CCCCCCCCCCCC=CC(C)Cc1ccccc1O. The van der Waals surface area contributed by atoms with Gasteiger partial charge in [0, 0.05) is 0 Å². The molecule has 0 aromatic heterocycles. The smallest absolute Gasteiger partial charge is 0.118 e. The molecular formula is C22H36O. The first-order valence-electron chi connectivity index (χ1n) is 9.67. The fourth-order valence-electron chi connectivity index (χ4n) is 3.00. The van der Waals surface area contributed by atoms with Crippen molar-refractivity contribution in [2.24, 2.45) is 5.92 Å². The summed E-state index contributed by atoms with van der Waals surface area (Å²) in [5.41, 5.74) is 1.05. The Kier molecular flexibility index (Phi) is 11.4. The van der Waals surface area contributed by atoms with E-state index in [2.05, 4.69) is 26.0 Å². The zero-order valence-corrected chi connectivity index (χ0v) is 15.3. The molecule has 1 unspecified atom stereocenters. The molecular weight excluding hydrogens is 280 g/mol. The van der Waals surface area contributed by atoms with Crippen LogP contribution in [0, 0.1) is 5.92 Å². The van der Waals surface area contributed by atoms with Crippen LogP contribution in [0.5, 0.6) is 5.75 Å². The van der Waals surface area contributed by atoms with Crippen LogP contribution in [0.3, 0.4) is 0 Å². The molecule has 0 aliphatic rings. The second kappa shape index (κ2) is 13.2. The number of unbranched alkanes of at least 4 members (excludes halogenated alkanes) is 9. The number of para-hydroxylation sites is 1. The first-order chi connectivity index (χ1) is 11.2. The van der Waals surface area contributed by atoms with Gasteiger partial charge >= 0.3 is 0 Å². The topological polar surface area (TPSA) is 20.2 Å². The minimum Gasteiger partial charge on any atom is -0.508 e. The summed E-state index contributed by atoms with van der Waals surface area (Å²) in [5.74, 6) is 0.911. The fraction of sp³-hybridized carbons (Fsp3) is 0.636. The highest BCUT2D eigenvalue weighted by molar-refractivity contribution is 5.32. The molecule has 1 aromatic carbocycles. The lowest BCUT2D eigenvalue weighted by molar-refractivity contribution is 0.464. The Morgan fingerprint density at radius 1 is 0.913 bits per heavy atom. The van der Waals surface area contributed by atoms with Gasteiger partial charge in [0.2, 0.25) is 0 Å². The standard InChI is InChI=1S/C22H36O/c1-3-4-5-6-7-8-9-10-11-12-13-16-20(2)19-21-17-14-15-18-22(21)23/h13-18,20,23H,3-12,19H2,1-2H3. The maximum absolute atomic E-state index is 9.80. The summed E-state index contributed by atoms with van der Waals surface area (Å²) in [4.78, 5) is 0. The molecule has 0 fully saturated rings. The molecule has 0 aliphatic heterocycles. The summed E-state index contributed by atoms with van der Waals surface area (Å²) in [7, 11) is 0. The van der Waals surface area contributed by atoms with Crippen LogP contribution in [0.2, 0.25) is 0 Å². The number of hydrogen-bond donors (Lipinski definition) is 1. The maximum Gasteiger partial charge on any atom is 0.118 e. The molecule has 0 aliphatic carbocycles. The summed E-state index contributed by atoms with van der Waals surface area (Å²) < 4.78 is 0. The predicted molar refractivity (Wildman–Crippen MR) is 102 cm³/mol. The van der Waals surface area contributed by atoms with Gasteiger partial charge in [0.15, 0.2) is 0 Å². The first kappa shape index (κ1) is 19.8. The van der Waals surface area contributed by atoms with Crippen LogP contribution in [0.15, 0.2) is 36.4 Å². The van der Waals surface area contributed by atoms with E-state index in [9.17, 15) is 5.11 Å². The van der Waals surface area contributed by atoms with E-state index in [0.29, 0.717) is 11.7 Å². The van der Waals surface area contributed by atoms with Crippen molar-refractivity contribution < 1.29 is 5.11 Å². The van der Waals surface area contributed by atoms with Crippen LogP contribution >= 0.6 is 0 Å².